The number of amides is 2. The summed E-state index contributed by atoms with van der Waals surface area (Å²) in [7, 11) is -1.33. The van der Waals surface area contributed by atoms with Crippen molar-refractivity contribution in [2.75, 3.05) is 31.6 Å². The summed E-state index contributed by atoms with van der Waals surface area (Å²) in [6.45, 7) is 5.56. The van der Waals surface area contributed by atoms with Crippen molar-refractivity contribution in [3.8, 4) is 11.5 Å². The highest BCUT2D eigenvalue weighted by molar-refractivity contribution is 9.10. The Balaban J connectivity index is 2.05. The van der Waals surface area contributed by atoms with E-state index in [-0.39, 0.29) is 34.7 Å². The fraction of sp³-hybridized carbons (Fsp3) is 0.333. The predicted molar refractivity (Wildman–Crippen MR) is 163 cm³/mol. The van der Waals surface area contributed by atoms with Gasteiger partial charge in [0, 0.05) is 17.6 Å². The van der Waals surface area contributed by atoms with Gasteiger partial charge in [0.2, 0.25) is 11.8 Å². The highest BCUT2D eigenvalue weighted by Crippen LogP contribution is 2.33. The molecule has 0 aliphatic heterocycles. The van der Waals surface area contributed by atoms with Gasteiger partial charge in [-0.15, -0.1) is 0 Å². The van der Waals surface area contributed by atoms with Crippen LogP contribution in [0.3, 0.4) is 0 Å². The van der Waals surface area contributed by atoms with Crippen molar-refractivity contribution in [1.29, 1.82) is 0 Å². The molecule has 1 N–H and O–H groups in total. The summed E-state index contributed by atoms with van der Waals surface area (Å²) in [5, 5.41) is 2.88. The number of para-hydroxylation sites is 2. The minimum atomic E-state index is -4.25. The first-order valence-corrected chi connectivity index (χ1v) is 15.3. The van der Waals surface area contributed by atoms with Gasteiger partial charge in [-0.25, -0.2) is 8.42 Å². The van der Waals surface area contributed by atoms with Crippen LogP contribution >= 0.6 is 15.9 Å². The molecule has 1 atom stereocenters. The number of sulfonamides is 1. The molecule has 0 radical (unpaired) electrons. The molecule has 0 aromatic heterocycles. The van der Waals surface area contributed by atoms with Crippen molar-refractivity contribution in [2.24, 2.45) is 5.92 Å². The summed E-state index contributed by atoms with van der Waals surface area (Å²) in [5.41, 5.74) is 0.969. The number of carbonyl (C=O) groups excluding carboxylic acids is 2. The summed E-state index contributed by atoms with van der Waals surface area (Å²) in [6.07, 6.45) is 0. The molecular formula is C30H36BrN3O6S. The summed E-state index contributed by atoms with van der Waals surface area (Å²) in [5.74, 6) is 0.101. The molecule has 0 fully saturated rings. The molecule has 0 aliphatic rings. The molecule has 3 rings (SSSR count). The highest BCUT2D eigenvalue weighted by atomic mass is 79.9. The summed E-state index contributed by atoms with van der Waals surface area (Å²) in [6, 6.07) is 19.0. The molecular weight excluding hydrogens is 610 g/mol. The minimum Gasteiger partial charge on any atom is -0.497 e. The third-order valence-electron chi connectivity index (χ3n) is 6.37. The molecule has 0 bridgehead atoms. The number of benzene rings is 3. The molecule has 0 aliphatic carbocycles. The number of nitrogens with zero attached hydrogens (tertiary/aromatic N) is 2. The molecule has 2 amide bonds. The largest absolute Gasteiger partial charge is 0.497 e. The van der Waals surface area contributed by atoms with Gasteiger partial charge >= 0.3 is 0 Å². The topological polar surface area (TPSA) is 105 Å². The molecule has 0 saturated carbocycles. The molecule has 0 unspecified atom stereocenters. The SMILES string of the molecule is COc1ccc(S(=O)(=O)N(CC(=O)N(Cc2cccc(Br)c2)[C@@H](C)C(=O)NCC(C)C)c2ccccc2OC)cc1. The molecule has 0 saturated heterocycles. The number of hydrogen-bond donors (Lipinski definition) is 1. The van der Waals surface area contributed by atoms with E-state index in [1.165, 1.54) is 43.4 Å². The van der Waals surface area contributed by atoms with E-state index in [0.29, 0.717) is 12.3 Å². The zero-order valence-electron chi connectivity index (χ0n) is 23.8. The summed E-state index contributed by atoms with van der Waals surface area (Å²) >= 11 is 3.45. The van der Waals surface area contributed by atoms with Crippen LogP contribution in [0, 0.1) is 5.92 Å². The molecule has 0 heterocycles. The zero-order chi connectivity index (χ0) is 30.2. The average Bonchev–Trinajstić information content (AvgIpc) is 2.96. The molecule has 220 valence electrons. The second kappa shape index (κ2) is 14.4. The number of methoxy groups -OCH3 is 2. The number of carbonyl (C=O) groups is 2. The second-order valence-electron chi connectivity index (χ2n) is 9.83. The van der Waals surface area contributed by atoms with Gasteiger partial charge in [-0.3, -0.25) is 13.9 Å². The maximum absolute atomic E-state index is 14.0. The van der Waals surface area contributed by atoms with E-state index in [4.69, 9.17) is 9.47 Å². The van der Waals surface area contributed by atoms with Gasteiger partial charge in [0.15, 0.2) is 0 Å². The lowest BCUT2D eigenvalue weighted by Crippen LogP contribution is -2.51. The monoisotopic (exact) mass is 645 g/mol. The quantitative estimate of drug-likeness (QED) is 0.285. The van der Waals surface area contributed by atoms with Crippen molar-refractivity contribution < 1.29 is 27.5 Å². The lowest BCUT2D eigenvalue weighted by atomic mass is 10.1. The Morgan fingerprint density at radius 2 is 1.61 bits per heavy atom. The van der Waals surface area contributed by atoms with E-state index in [2.05, 4.69) is 21.2 Å². The smallest absolute Gasteiger partial charge is 0.264 e. The van der Waals surface area contributed by atoms with Crippen LogP contribution < -0.4 is 19.1 Å². The Kier molecular flexibility index (Phi) is 11.2. The minimum absolute atomic E-state index is 0.0294. The lowest BCUT2D eigenvalue weighted by Gasteiger charge is -2.32. The third-order valence-corrected chi connectivity index (χ3v) is 8.64. The van der Waals surface area contributed by atoms with Gasteiger partial charge in [-0.1, -0.05) is 54.0 Å². The Bertz CT molecular complexity index is 1450. The Labute approximate surface area is 250 Å². The van der Waals surface area contributed by atoms with E-state index >= 15 is 0 Å². The van der Waals surface area contributed by atoms with Crippen LogP contribution in [-0.2, 0) is 26.2 Å². The van der Waals surface area contributed by atoms with E-state index in [1.807, 2.05) is 38.1 Å². The van der Waals surface area contributed by atoms with Crippen LogP contribution in [0.4, 0.5) is 5.69 Å². The third kappa shape index (κ3) is 8.23. The van der Waals surface area contributed by atoms with E-state index in [0.717, 1.165) is 14.3 Å². The summed E-state index contributed by atoms with van der Waals surface area (Å²) < 4.78 is 40.5. The average molecular weight is 647 g/mol. The first-order chi connectivity index (χ1) is 19.5. The van der Waals surface area contributed by atoms with Crippen molar-refractivity contribution in [1.82, 2.24) is 10.2 Å². The molecule has 11 heteroatoms. The fourth-order valence-electron chi connectivity index (χ4n) is 4.09. The van der Waals surface area contributed by atoms with Gasteiger partial charge in [0.25, 0.3) is 10.0 Å². The predicted octanol–water partition coefficient (Wildman–Crippen LogP) is 4.85. The summed E-state index contributed by atoms with van der Waals surface area (Å²) in [4.78, 5) is 28.5. The molecule has 9 nitrogen and oxygen atoms in total. The number of hydrogen-bond acceptors (Lipinski definition) is 6. The Hall–Kier alpha value is -3.57. The number of rotatable bonds is 13. The van der Waals surface area contributed by atoms with Crippen LogP contribution in [0.2, 0.25) is 0 Å². The van der Waals surface area contributed by atoms with Crippen molar-refractivity contribution in [2.45, 2.75) is 38.3 Å². The van der Waals surface area contributed by atoms with Gasteiger partial charge < -0.3 is 19.7 Å². The van der Waals surface area contributed by atoms with E-state index < -0.39 is 28.5 Å². The Morgan fingerprint density at radius 1 is 0.927 bits per heavy atom. The number of ether oxygens (including phenoxy) is 2. The molecule has 3 aromatic rings. The van der Waals surface area contributed by atoms with Gasteiger partial charge in [-0.05, 0) is 66.9 Å². The lowest BCUT2D eigenvalue weighted by molar-refractivity contribution is -0.139. The van der Waals surface area contributed by atoms with Crippen molar-refractivity contribution in [3.05, 3.63) is 82.8 Å². The van der Waals surface area contributed by atoms with Crippen LogP contribution in [0.15, 0.2) is 82.2 Å². The van der Waals surface area contributed by atoms with Crippen LogP contribution in [0.25, 0.3) is 0 Å². The van der Waals surface area contributed by atoms with Crippen molar-refractivity contribution in [3.63, 3.8) is 0 Å². The van der Waals surface area contributed by atoms with Crippen LogP contribution in [0.1, 0.15) is 26.3 Å². The van der Waals surface area contributed by atoms with Gasteiger partial charge in [-0.2, -0.15) is 0 Å². The molecule has 41 heavy (non-hydrogen) atoms. The van der Waals surface area contributed by atoms with Gasteiger partial charge in [0.05, 0.1) is 24.8 Å². The normalized spacial score (nSPS) is 12.0. The molecule has 0 spiro atoms. The Morgan fingerprint density at radius 3 is 2.22 bits per heavy atom. The first-order valence-electron chi connectivity index (χ1n) is 13.1. The second-order valence-corrected chi connectivity index (χ2v) is 12.6. The van der Waals surface area contributed by atoms with E-state index in [1.54, 1.807) is 31.2 Å². The fourth-order valence-corrected chi connectivity index (χ4v) is 5.96. The highest BCUT2D eigenvalue weighted by Gasteiger charge is 2.33. The van der Waals surface area contributed by atoms with Gasteiger partial charge in [0.1, 0.15) is 24.1 Å². The first kappa shape index (κ1) is 32.0. The number of halogens is 1. The maximum Gasteiger partial charge on any atom is 0.264 e. The van der Waals surface area contributed by atoms with Crippen LogP contribution in [0.5, 0.6) is 11.5 Å². The van der Waals surface area contributed by atoms with E-state index in [9.17, 15) is 18.0 Å². The number of nitrogens with one attached hydrogen (secondary N) is 1. The zero-order valence-corrected chi connectivity index (χ0v) is 26.2. The van der Waals surface area contributed by atoms with Crippen molar-refractivity contribution >= 4 is 43.5 Å². The molecule has 3 aromatic carbocycles. The maximum atomic E-state index is 14.0. The van der Waals surface area contributed by atoms with Crippen LogP contribution in [-0.4, -0.2) is 58.5 Å². The number of anilines is 1. The standard InChI is InChI=1S/C30H36BrN3O6S/c1-21(2)18-32-30(36)22(3)33(19-23-9-8-10-24(31)17-23)29(35)20-34(27-11-6-7-12-28(27)40-5)41(37,38)26-15-13-25(39-4)14-16-26/h6-17,21-22H,18-20H2,1-5H3,(H,32,36)/t22-/m0/s1.